The molecule has 0 aromatic heterocycles. The predicted molar refractivity (Wildman–Crippen MR) is 84.2 cm³/mol. The molecule has 0 saturated carbocycles. The molecule has 2 rings (SSSR count). The first kappa shape index (κ1) is 16.1. The third-order valence-corrected chi connectivity index (χ3v) is 3.02. The van der Waals surface area contributed by atoms with Crippen molar-refractivity contribution in [3.8, 4) is 17.2 Å². The van der Waals surface area contributed by atoms with Crippen LogP contribution < -0.4 is 14.2 Å². The van der Waals surface area contributed by atoms with Crippen LogP contribution in [0, 0.1) is 5.82 Å². The van der Waals surface area contributed by atoms with Crippen LogP contribution in [0.3, 0.4) is 0 Å². The van der Waals surface area contributed by atoms with Gasteiger partial charge in [-0.3, -0.25) is 0 Å². The normalized spacial score (nSPS) is 10.3. The van der Waals surface area contributed by atoms with Crippen LogP contribution in [-0.4, -0.2) is 19.8 Å². The van der Waals surface area contributed by atoms with Gasteiger partial charge in [0.05, 0.1) is 19.8 Å². The quantitative estimate of drug-likeness (QED) is 0.640. The Morgan fingerprint density at radius 2 is 1.09 bits per heavy atom. The molecular weight excluding hydrogens is 283 g/mol. The maximum atomic E-state index is 12.7. The number of unbranched alkanes of at least 4 members (excludes halogenated alkanes) is 1. The smallest absolute Gasteiger partial charge is 0.123 e. The summed E-state index contributed by atoms with van der Waals surface area (Å²) in [6.45, 7) is 3.85. The van der Waals surface area contributed by atoms with E-state index in [0.717, 1.165) is 24.3 Å². The molecule has 0 bridgehead atoms. The number of rotatable bonds is 9. The van der Waals surface area contributed by atoms with E-state index in [1.165, 1.54) is 12.1 Å². The van der Waals surface area contributed by atoms with Gasteiger partial charge in [0.1, 0.15) is 23.1 Å². The summed E-state index contributed by atoms with van der Waals surface area (Å²) in [5.74, 6) is 2.12. The molecule has 2 aromatic rings. The summed E-state index contributed by atoms with van der Waals surface area (Å²) in [6, 6.07) is 13.7. The summed E-state index contributed by atoms with van der Waals surface area (Å²) in [5.41, 5.74) is 0. The monoisotopic (exact) mass is 304 g/mol. The van der Waals surface area contributed by atoms with E-state index in [4.69, 9.17) is 14.2 Å². The molecule has 0 radical (unpaired) electrons. The summed E-state index contributed by atoms with van der Waals surface area (Å²) < 4.78 is 29.3. The number of halogens is 1. The molecule has 4 heteroatoms. The Balaban J connectivity index is 1.58. The zero-order valence-corrected chi connectivity index (χ0v) is 12.8. The Kier molecular flexibility index (Phi) is 6.55. The van der Waals surface area contributed by atoms with Crippen molar-refractivity contribution in [2.45, 2.75) is 19.8 Å². The highest BCUT2D eigenvalue weighted by Crippen LogP contribution is 2.17. The van der Waals surface area contributed by atoms with Gasteiger partial charge in [-0.2, -0.15) is 0 Å². The number of ether oxygens (including phenoxy) is 3. The summed E-state index contributed by atoms with van der Waals surface area (Å²) >= 11 is 0. The summed E-state index contributed by atoms with van der Waals surface area (Å²) in [4.78, 5) is 0. The van der Waals surface area contributed by atoms with Crippen molar-refractivity contribution in [2.24, 2.45) is 0 Å². The van der Waals surface area contributed by atoms with Gasteiger partial charge < -0.3 is 14.2 Å². The summed E-state index contributed by atoms with van der Waals surface area (Å²) in [5, 5.41) is 0. The van der Waals surface area contributed by atoms with Crippen LogP contribution in [0.2, 0.25) is 0 Å². The fourth-order valence-electron chi connectivity index (χ4n) is 1.91. The first-order chi connectivity index (χ1) is 10.8. The Bertz CT molecular complexity index is 537. The van der Waals surface area contributed by atoms with Crippen LogP contribution in [0.1, 0.15) is 19.8 Å². The SMILES string of the molecule is CCOc1ccc(OCCCCOc2ccc(F)cc2)cc1. The van der Waals surface area contributed by atoms with Crippen molar-refractivity contribution in [3.05, 3.63) is 54.3 Å². The molecule has 0 fully saturated rings. The molecule has 0 heterocycles. The topological polar surface area (TPSA) is 27.7 Å². The molecule has 0 aliphatic rings. The maximum absolute atomic E-state index is 12.7. The standard InChI is InChI=1S/C18H21FO3/c1-2-20-16-9-11-18(12-10-16)22-14-4-3-13-21-17-7-5-15(19)6-8-17/h5-12H,2-4,13-14H2,1H3. The second-order valence-electron chi connectivity index (χ2n) is 4.76. The fourth-order valence-corrected chi connectivity index (χ4v) is 1.91. The third-order valence-electron chi connectivity index (χ3n) is 3.02. The van der Waals surface area contributed by atoms with E-state index in [9.17, 15) is 4.39 Å². The van der Waals surface area contributed by atoms with Gasteiger partial charge in [-0.05, 0) is 68.3 Å². The molecule has 3 nitrogen and oxygen atoms in total. The van der Waals surface area contributed by atoms with Gasteiger partial charge in [-0.25, -0.2) is 4.39 Å². The van der Waals surface area contributed by atoms with Crippen LogP contribution in [0.5, 0.6) is 17.2 Å². The van der Waals surface area contributed by atoms with Crippen molar-refractivity contribution < 1.29 is 18.6 Å². The van der Waals surface area contributed by atoms with E-state index in [-0.39, 0.29) is 5.82 Å². The molecule has 22 heavy (non-hydrogen) atoms. The van der Waals surface area contributed by atoms with E-state index in [2.05, 4.69) is 0 Å². The Labute approximate surface area is 130 Å². The minimum absolute atomic E-state index is 0.254. The lowest BCUT2D eigenvalue weighted by Gasteiger charge is -2.08. The largest absolute Gasteiger partial charge is 0.494 e. The molecule has 0 atom stereocenters. The van der Waals surface area contributed by atoms with Crippen molar-refractivity contribution in [1.82, 2.24) is 0 Å². The lowest BCUT2D eigenvalue weighted by molar-refractivity contribution is 0.266. The van der Waals surface area contributed by atoms with Crippen molar-refractivity contribution in [2.75, 3.05) is 19.8 Å². The van der Waals surface area contributed by atoms with Gasteiger partial charge in [0.2, 0.25) is 0 Å². The molecular formula is C18H21FO3. The van der Waals surface area contributed by atoms with Gasteiger partial charge in [0.25, 0.3) is 0 Å². The average molecular weight is 304 g/mol. The van der Waals surface area contributed by atoms with Crippen LogP contribution in [0.25, 0.3) is 0 Å². The van der Waals surface area contributed by atoms with Crippen molar-refractivity contribution >= 4 is 0 Å². The minimum atomic E-state index is -0.254. The van der Waals surface area contributed by atoms with E-state index in [1.807, 2.05) is 31.2 Å². The lowest BCUT2D eigenvalue weighted by atomic mass is 10.3. The van der Waals surface area contributed by atoms with Gasteiger partial charge in [-0.1, -0.05) is 0 Å². The van der Waals surface area contributed by atoms with E-state index < -0.39 is 0 Å². The Hall–Kier alpha value is -2.23. The second kappa shape index (κ2) is 8.93. The molecule has 0 unspecified atom stereocenters. The fraction of sp³-hybridized carbons (Fsp3) is 0.333. The summed E-state index contributed by atoms with van der Waals surface area (Å²) in [7, 11) is 0. The van der Waals surface area contributed by atoms with Gasteiger partial charge >= 0.3 is 0 Å². The molecule has 0 aliphatic heterocycles. The molecule has 118 valence electrons. The van der Waals surface area contributed by atoms with Crippen LogP contribution in [-0.2, 0) is 0 Å². The molecule has 0 N–H and O–H groups in total. The Morgan fingerprint density at radius 3 is 1.55 bits per heavy atom. The van der Waals surface area contributed by atoms with Gasteiger partial charge in [0, 0.05) is 0 Å². The predicted octanol–water partition coefficient (Wildman–Crippen LogP) is 4.46. The highest BCUT2D eigenvalue weighted by atomic mass is 19.1. The highest BCUT2D eigenvalue weighted by molar-refractivity contribution is 5.31. The first-order valence-corrected chi connectivity index (χ1v) is 7.52. The van der Waals surface area contributed by atoms with Gasteiger partial charge in [-0.15, -0.1) is 0 Å². The molecule has 0 spiro atoms. The lowest BCUT2D eigenvalue weighted by Crippen LogP contribution is -2.02. The number of hydrogen-bond donors (Lipinski definition) is 0. The van der Waals surface area contributed by atoms with E-state index >= 15 is 0 Å². The third kappa shape index (κ3) is 5.64. The maximum Gasteiger partial charge on any atom is 0.123 e. The van der Waals surface area contributed by atoms with Crippen LogP contribution in [0.15, 0.2) is 48.5 Å². The Morgan fingerprint density at radius 1 is 0.682 bits per heavy atom. The number of hydrogen-bond acceptors (Lipinski definition) is 3. The van der Waals surface area contributed by atoms with E-state index in [0.29, 0.717) is 25.6 Å². The van der Waals surface area contributed by atoms with Crippen molar-refractivity contribution in [3.63, 3.8) is 0 Å². The highest BCUT2D eigenvalue weighted by Gasteiger charge is 1.97. The minimum Gasteiger partial charge on any atom is -0.494 e. The summed E-state index contributed by atoms with van der Waals surface area (Å²) in [6.07, 6.45) is 1.78. The molecule has 0 amide bonds. The van der Waals surface area contributed by atoms with E-state index in [1.54, 1.807) is 12.1 Å². The van der Waals surface area contributed by atoms with Crippen LogP contribution >= 0.6 is 0 Å². The van der Waals surface area contributed by atoms with Gasteiger partial charge in [0.15, 0.2) is 0 Å². The zero-order chi connectivity index (χ0) is 15.6. The average Bonchev–Trinajstić information content (AvgIpc) is 2.54. The second-order valence-corrected chi connectivity index (χ2v) is 4.76. The molecule has 2 aromatic carbocycles. The number of benzene rings is 2. The van der Waals surface area contributed by atoms with Crippen molar-refractivity contribution in [1.29, 1.82) is 0 Å². The zero-order valence-electron chi connectivity index (χ0n) is 12.8. The molecule has 0 saturated heterocycles. The molecule has 0 aliphatic carbocycles. The first-order valence-electron chi connectivity index (χ1n) is 7.52. The van der Waals surface area contributed by atoms with Crippen LogP contribution in [0.4, 0.5) is 4.39 Å².